The second-order valence-electron chi connectivity index (χ2n) is 21.6. The van der Waals surface area contributed by atoms with Gasteiger partial charge in [-0.15, -0.1) is 0 Å². The summed E-state index contributed by atoms with van der Waals surface area (Å²) < 4.78 is 16.8. The van der Waals surface area contributed by atoms with Crippen LogP contribution in [-0.2, 0) is 28.6 Å². The second kappa shape index (κ2) is 69.3. The summed E-state index contributed by atoms with van der Waals surface area (Å²) in [6.07, 6.45) is 103. The standard InChI is InChI=1S/C77H122O6/c1-4-7-10-13-15-17-19-21-23-25-27-29-31-33-35-37-38-40-41-43-45-47-49-51-53-55-57-59-61-64-67-70-76(79)82-73-74(72-81-75(78)69-66-63-12-9-6-3)83-77(80)71-68-65-62-60-58-56-54-52-50-48-46-44-42-39-36-34-32-30-28-26-24-22-20-18-16-14-11-8-5-2/h7-8,10-11,15-18,21-24,27-30,33-36,38,40,42-45,49,51,74H,4-6,9,12-14,19-20,25-26,31-32,37,39,41,46-48,50,52-73H2,1-3H3/b10-7-,11-8-,17-15-,18-16-,23-21-,24-22-,29-27-,30-28-,35-33-,36-34-,40-38-,44-42-,45-43-,51-49-. The topological polar surface area (TPSA) is 78.9 Å². The van der Waals surface area contributed by atoms with E-state index in [2.05, 4.69) is 191 Å². The van der Waals surface area contributed by atoms with E-state index in [9.17, 15) is 14.4 Å². The van der Waals surface area contributed by atoms with Crippen molar-refractivity contribution in [3.63, 3.8) is 0 Å². The molecule has 0 heterocycles. The zero-order chi connectivity index (χ0) is 59.9. The molecule has 6 heteroatoms. The van der Waals surface area contributed by atoms with Crippen LogP contribution in [-0.4, -0.2) is 37.2 Å². The molecule has 0 saturated carbocycles. The molecule has 0 spiro atoms. The maximum Gasteiger partial charge on any atom is 0.306 e. The number of carbonyl (C=O) groups is 3. The molecule has 0 rings (SSSR count). The summed E-state index contributed by atoms with van der Waals surface area (Å²) in [5.74, 6) is -0.928. The lowest BCUT2D eigenvalue weighted by Crippen LogP contribution is -2.30. The van der Waals surface area contributed by atoms with Crippen molar-refractivity contribution in [3.05, 3.63) is 170 Å². The van der Waals surface area contributed by atoms with E-state index < -0.39 is 6.10 Å². The fraction of sp³-hybridized carbons (Fsp3) is 0.597. The monoisotopic (exact) mass is 1140 g/mol. The van der Waals surface area contributed by atoms with Gasteiger partial charge in [0.2, 0.25) is 0 Å². The van der Waals surface area contributed by atoms with E-state index in [4.69, 9.17) is 14.2 Å². The summed E-state index contributed by atoms with van der Waals surface area (Å²) in [7, 11) is 0. The number of ether oxygens (including phenoxy) is 3. The van der Waals surface area contributed by atoms with E-state index in [1.165, 1.54) is 57.8 Å². The molecule has 0 radical (unpaired) electrons. The molecule has 0 aromatic carbocycles. The van der Waals surface area contributed by atoms with Crippen molar-refractivity contribution in [2.45, 2.75) is 284 Å². The zero-order valence-corrected chi connectivity index (χ0v) is 53.4. The molecule has 6 nitrogen and oxygen atoms in total. The fourth-order valence-corrected chi connectivity index (χ4v) is 8.76. The maximum absolute atomic E-state index is 12.9. The Balaban J connectivity index is 4.12. The van der Waals surface area contributed by atoms with Crippen LogP contribution in [0.25, 0.3) is 0 Å². The van der Waals surface area contributed by atoms with Crippen LogP contribution in [0.1, 0.15) is 278 Å². The van der Waals surface area contributed by atoms with Crippen molar-refractivity contribution in [2.75, 3.05) is 13.2 Å². The highest BCUT2D eigenvalue weighted by Gasteiger charge is 2.19. The molecule has 1 atom stereocenters. The summed E-state index contributed by atoms with van der Waals surface area (Å²) in [6, 6.07) is 0. The molecular weight excluding hydrogens is 1020 g/mol. The molecule has 0 N–H and O–H groups in total. The predicted octanol–water partition coefficient (Wildman–Crippen LogP) is 23.4. The molecule has 0 saturated heterocycles. The highest BCUT2D eigenvalue weighted by molar-refractivity contribution is 5.71. The minimum atomic E-state index is -0.792. The first-order valence-electron chi connectivity index (χ1n) is 33.6. The first kappa shape index (κ1) is 77.8. The van der Waals surface area contributed by atoms with Crippen molar-refractivity contribution in [1.82, 2.24) is 0 Å². The van der Waals surface area contributed by atoms with Crippen LogP contribution in [0.3, 0.4) is 0 Å². The molecule has 1 unspecified atom stereocenters. The van der Waals surface area contributed by atoms with Crippen molar-refractivity contribution < 1.29 is 28.6 Å². The van der Waals surface area contributed by atoms with Gasteiger partial charge in [0.1, 0.15) is 13.2 Å². The third-order valence-corrected chi connectivity index (χ3v) is 13.7. The zero-order valence-electron chi connectivity index (χ0n) is 53.4. The third-order valence-electron chi connectivity index (χ3n) is 13.7. The largest absolute Gasteiger partial charge is 0.462 e. The Kier molecular flexibility index (Phi) is 64.9. The van der Waals surface area contributed by atoms with Gasteiger partial charge in [-0.2, -0.15) is 0 Å². The Morgan fingerprint density at radius 3 is 0.735 bits per heavy atom. The van der Waals surface area contributed by atoms with Crippen LogP contribution in [0, 0.1) is 0 Å². The molecule has 0 amide bonds. The average molecular weight is 1140 g/mol. The lowest BCUT2D eigenvalue weighted by atomic mass is 10.0. The smallest absolute Gasteiger partial charge is 0.306 e. The van der Waals surface area contributed by atoms with Gasteiger partial charge < -0.3 is 14.2 Å². The molecular formula is C77H122O6. The average Bonchev–Trinajstić information content (AvgIpc) is 3.49. The Morgan fingerprint density at radius 2 is 0.470 bits per heavy atom. The Labute approximate surface area is 511 Å². The molecule has 466 valence electrons. The molecule has 0 bridgehead atoms. The third kappa shape index (κ3) is 67.4. The highest BCUT2D eigenvalue weighted by Crippen LogP contribution is 2.15. The van der Waals surface area contributed by atoms with Gasteiger partial charge in [-0.1, -0.05) is 294 Å². The number of rotatable bonds is 59. The van der Waals surface area contributed by atoms with Crippen LogP contribution in [0.2, 0.25) is 0 Å². The number of hydrogen-bond donors (Lipinski definition) is 0. The quantitative estimate of drug-likeness (QED) is 0.0261. The summed E-state index contributed by atoms with van der Waals surface area (Å²) in [5, 5.41) is 0. The van der Waals surface area contributed by atoms with E-state index >= 15 is 0 Å². The molecule has 0 aliphatic carbocycles. The highest BCUT2D eigenvalue weighted by atomic mass is 16.6. The maximum atomic E-state index is 12.9. The second-order valence-corrected chi connectivity index (χ2v) is 21.6. The van der Waals surface area contributed by atoms with E-state index in [-0.39, 0.29) is 31.1 Å². The van der Waals surface area contributed by atoms with Gasteiger partial charge in [-0.25, -0.2) is 0 Å². The molecule has 0 aromatic heterocycles. The Morgan fingerprint density at radius 1 is 0.253 bits per heavy atom. The van der Waals surface area contributed by atoms with Crippen LogP contribution >= 0.6 is 0 Å². The van der Waals surface area contributed by atoms with Gasteiger partial charge in [-0.05, 0) is 135 Å². The van der Waals surface area contributed by atoms with Gasteiger partial charge in [-0.3, -0.25) is 14.4 Å². The van der Waals surface area contributed by atoms with E-state index in [0.29, 0.717) is 19.3 Å². The van der Waals surface area contributed by atoms with Gasteiger partial charge >= 0.3 is 17.9 Å². The van der Waals surface area contributed by atoms with E-state index in [1.54, 1.807) is 0 Å². The minimum Gasteiger partial charge on any atom is -0.462 e. The number of unbranched alkanes of at least 4 members (excludes halogenated alkanes) is 20. The summed E-state index contributed by atoms with van der Waals surface area (Å²) in [5.41, 5.74) is 0. The molecule has 0 aromatic rings. The number of hydrogen-bond acceptors (Lipinski definition) is 6. The van der Waals surface area contributed by atoms with Crippen LogP contribution < -0.4 is 0 Å². The van der Waals surface area contributed by atoms with Gasteiger partial charge in [0.05, 0.1) is 0 Å². The van der Waals surface area contributed by atoms with Crippen LogP contribution in [0.15, 0.2) is 170 Å². The predicted molar refractivity (Wildman–Crippen MR) is 361 cm³/mol. The van der Waals surface area contributed by atoms with Crippen molar-refractivity contribution in [2.24, 2.45) is 0 Å². The van der Waals surface area contributed by atoms with Crippen molar-refractivity contribution >= 4 is 17.9 Å². The van der Waals surface area contributed by atoms with Crippen LogP contribution in [0.4, 0.5) is 0 Å². The van der Waals surface area contributed by atoms with Gasteiger partial charge in [0.15, 0.2) is 6.10 Å². The molecule has 0 fully saturated rings. The van der Waals surface area contributed by atoms with Gasteiger partial charge in [0.25, 0.3) is 0 Å². The summed E-state index contributed by atoms with van der Waals surface area (Å²) in [6.45, 7) is 6.31. The molecule has 0 aliphatic heterocycles. The number of esters is 3. The Hall–Kier alpha value is -5.23. The number of carbonyl (C=O) groups excluding carboxylic acids is 3. The van der Waals surface area contributed by atoms with Gasteiger partial charge in [0, 0.05) is 19.3 Å². The lowest BCUT2D eigenvalue weighted by molar-refractivity contribution is -0.167. The Bertz CT molecular complexity index is 1890. The summed E-state index contributed by atoms with van der Waals surface area (Å²) in [4.78, 5) is 38.0. The van der Waals surface area contributed by atoms with Crippen molar-refractivity contribution in [3.8, 4) is 0 Å². The van der Waals surface area contributed by atoms with Crippen LogP contribution in [0.5, 0.6) is 0 Å². The summed E-state index contributed by atoms with van der Waals surface area (Å²) >= 11 is 0. The molecule has 83 heavy (non-hydrogen) atoms. The fourth-order valence-electron chi connectivity index (χ4n) is 8.76. The van der Waals surface area contributed by atoms with E-state index in [1.807, 2.05) is 0 Å². The normalized spacial score (nSPS) is 13.2. The van der Waals surface area contributed by atoms with E-state index in [0.717, 1.165) is 180 Å². The molecule has 0 aliphatic rings. The number of allylic oxidation sites excluding steroid dienone is 28. The minimum absolute atomic E-state index is 0.0910. The first-order valence-corrected chi connectivity index (χ1v) is 33.6. The van der Waals surface area contributed by atoms with Crippen molar-refractivity contribution in [1.29, 1.82) is 0 Å². The SMILES string of the molecule is CC/C=C\C/C=C\C/C=C\C/C=C\C/C=C\C/C=C\C/C=C\C/C=C\CCCCCCCCC(=O)OCC(COC(=O)CCCCCCC)OC(=O)CCCCCCCCCCCC/C=C\C/C=C\C/C=C\C/C=C\C/C=C\C/C=C\CC. The first-order chi connectivity index (χ1) is 41.0. The lowest BCUT2D eigenvalue weighted by Gasteiger charge is -2.18.